The van der Waals surface area contributed by atoms with Gasteiger partial charge < -0.3 is 10.2 Å². The van der Waals surface area contributed by atoms with Crippen LogP contribution in [-0.4, -0.2) is 60.4 Å². The van der Waals surface area contributed by atoms with Gasteiger partial charge in [0.05, 0.1) is 5.41 Å². The van der Waals surface area contributed by atoms with E-state index in [1.807, 2.05) is 11.8 Å². The number of hydrogen-bond donors (Lipinski definition) is 1. The maximum atomic E-state index is 12.8. The van der Waals surface area contributed by atoms with E-state index < -0.39 is 5.41 Å². The minimum absolute atomic E-state index is 0.0763. The third kappa shape index (κ3) is 2.55. The topological polar surface area (TPSA) is 52.7 Å². The molecular formula is C15H25N3O2. The second-order valence-electron chi connectivity index (χ2n) is 6.77. The van der Waals surface area contributed by atoms with E-state index in [1.165, 1.54) is 25.8 Å². The molecule has 3 heterocycles. The molecule has 5 nitrogen and oxygen atoms in total. The maximum absolute atomic E-state index is 12.8. The van der Waals surface area contributed by atoms with Gasteiger partial charge in [-0.25, -0.2) is 0 Å². The van der Waals surface area contributed by atoms with Crippen LogP contribution in [-0.2, 0) is 9.59 Å². The lowest BCUT2D eigenvalue weighted by Gasteiger charge is -2.46. The molecule has 3 fully saturated rings. The van der Waals surface area contributed by atoms with Crippen LogP contribution < -0.4 is 5.32 Å². The van der Waals surface area contributed by atoms with Crippen molar-refractivity contribution in [1.29, 1.82) is 0 Å². The monoisotopic (exact) mass is 279 g/mol. The Bertz CT molecular complexity index is 400. The van der Waals surface area contributed by atoms with Crippen LogP contribution in [0.3, 0.4) is 0 Å². The molecule has 0 aromatic rings. The van der Waals surface area contributed by atoms with Crippen LogP contribution in [0, 0.1) is 5.41 Å². The Morgan fingerprint density at radius 1 is 1.30 bits per heavy atom. The summed E-state index contributed by atoms with van der Waals surface area (Å²) in [6.07, 6.45) is 4.97. The molecule has 0 radical (unpaired) electrons. The van der Waals surface area contributed by atoms with Crippen LogP contribution in [0.2, 0.25) is 0 Å². The molecule has 2 unspecified atom stereocenters. The molecule has 0 aliphatic carbocycles. The van der Waals surface area contributed by atoms with Crippen LogP contribution >= 0.6 is 0 Å². The number of hydrogen-bond acceptors (Lipinski definition) is 3. The summed E-state index contributed by atoms with van der Waals surface area (Å²) in [5.41, 5.74) is -0.398. The lowest BCUT2D eigenvalue weighted by atomic mass is 9.80. The second kappa shape index (κ2) is 5.35. The first kappa shape index (κ1) is 13.9. The molecule has 3 aliphatic heterocycles. The number of nitrogens with zero attached hydrogens (tertiary/aromatic N) is 2. The summed E-state index contributed by atoms with van der Waals surface area (Å²) in [4.78, 5) is 28.7. The van der Waals surface area contributed by atoms with E-state index in [0.29, 0.717) is 25.4 Å². The Morgan fingerprint density at radius 3 is 2.90 bits per heavy atom. The van der Waals surface area contributed by atoms with E-state index in [-0.39, 0.29) is 11.8 Å². The number of piperazine rings is 1. The fourth-order valence-electron chi connectivity index (χ4n) is 3.76. The van der Waals surface area contributed by atoms with E-state index >= 15 is 0 Å². The van der Waals surface area contributed by atoms with E-state index in [2.05, 4.69) is 10.2 Å². The summed E-state index contributed by atoms with van der Waals surface area (Å²) in [6, 6.07) is 0.559. The zero-order chi connectivity index (χ0) is 14.2. The molecular weight excluding hydrogens is 254 g/mol. The van der Waals surface area contributed by atoms with Gasteiger partial charge in [0.1, 0.15) is 0 Å². The third-order valence-electron chi connectivity index (χ3n) is 5.22. The molecule has 3 rings (SSSR count). The summed E-state index contributed by atoms with van der Waals surface area (Å²) < 4.78 is 0. The summed E-state index contributed by atoms with van der Waals surface area (Å²) in [5.74, 6) is 0.315. The van der Waals surface area contributed by atoms with Crippen LogP contribution in [0.15, 0.2) is 0 Å². The fourth-order valence-corrected chi connectivity index (χ4v) is 3.76. The first-order chi connectivity index (χ1) is 9.58. The summed E-state index contributed by atoms with van der Waals surface area (Å²) in [6.45, 7) is 6.43. The van der Waals surface area contributed by atoms with Crippen molar-refractivity contribution in [2.45, 2.75) is 45.1 Å². The lowest BCUT2D eigenvalue weighted by molar-refractivity contribution is -0.147. The molecule has 112 valence electrons. The minimum Gasteiger partial charge on any atom is -0.355 e. The van der Waals surface area contributed by atoms with Gasteiger partial charge in [-0.2, -0.15) is 0 Å². The number of amides is 2. The average molecular weight is 279 g/mol. The summed E-state index contributed by atoms with van der Waals surface area (Å²) in [5, 5.41) is 2.85. The summed E-state index contributed by atoms with van der Waals surface area (Å²) in [7, 11) is 0. The van der Waals surface area contributed by atoms with Gasteiger partial charge in [-0.15, -0.1) is 0 Å². The highest BCUT2D eigenvalue weighted by Crippen LogP contribution is 2.30. The highest BCUT2D eigenvalue weighted by atomic mass is 16.2. The van der Waals surface area contributed by atoms with Gasteiger partial charge in [-0.3, -0.25) is 14.5 Å². The predicted molar refractivity (Wildman–Crippen MR) is 76.1 cm³/mol. The van der Waals surface area contributed by atoms with Crippen molar-refractivity contribution >= 4 is 11.8 Å². The second-order valence-corrected chi connectivity index (χ2v) is 6.77. The lowest BCUT2D eigenvalue weighted by Crippen LogP contribution is -2.60. The Kier molecular flexibility index (Phi) is 3.71. The van der Waals surface area contributed by atoms with Crippen molar-refractivity contribution in [2.75, 3.05) is 32.7 Å². The first-order valence-corrected chi connectivity index (χ1v) is 7.89. The number of rotatable bonds is 1. The molecule has 3 saturated heterocycles. The molecule has 0 aromatic carbocycles. The third-order valence-corrected chi connectivity index (χ3v) is 5.22. The Morgan fingerprint density at radius 2 is 2.15 bits per heavy atom. The van der Waals surface area contributed by atoms with Crippen LogP contribution in [0.4, 0.5) is 0 Å². The number of carbonyl (C=O) groups excluding carboxylic acids is 2. The largest absolute Gasteiger partial charge is 0.355 e. The molecule has 2 atom stereocenters. The SMILES string of the molecule is CC1(C(=O)N2CCN3CCCCC3C2)CCC(=O)NC1. The van der Waals surface area contributed by atoms with E-state index in [4.69, 9.17) is 0 Å². The number of fused-ring (bicyclic) bond motifs is 1. The molecule has 0 bridgehead atoms. The Balaban J connectivity index is 1.64. The minimum atomic E-state index is -0.398. The molecule has 20 heavy (non-hydrogen) atoms. The van der Waals surface area contributed by atoms with Crippen molar-refractivity contribution in [1.82, 2.24) is 15.1 Å². The zero-order valence-corrected chi connectivity index (χ0v) is 12.4. The Hall–Kier alpha value is -1.10. The molecule has 5 heteroatoms. The highest BCUT2D eigenvalue weighted by Gasteiger charge is 2.42. The van der Waals surface area contributed by atoms with Crippen molar-refractivity contribution < 1.29 is 9.59 Å². The highest BCUT2D eigenvalue weighted by molar-refractivity contribution is 5.86. The Labute approximate surface area is 120 Å². The zero-order valence-electron chi connectivity index (χ0n) is 12.4. The number of nitrogens with one attached hydrogen (secondary N) is 1. The van der Waals surface area contributed by atoms with E-state index in [9.17, 15) is 9.59 Å². The number of carbonyl (C=O) groups is 2. The van der Waals surface area contributed by atoms with Gasteiger partial charge in [-0.05, 0) is 32.7 Å². The van der Waals surface area contributed by atoms with E-state index in [1.54, 1.807) is 0 Å². The summed E-state index contributed by atoms with van der Waals surface area (Å²) >= 11 is 0. The van der Waals surface area contributed by atoms with Crippen LogP contribution in [0.1, 0.15) is 39.0 Å². The normalized spacial score (nSPS) is 35.4. The standard InChI is InChI=1S/C15H25N3O2/c1-15(6-5-13(19)16-11-15)14(20)18-9-8-17-7-3-2-4-12(17)10-18/h12H,2-11H2,1H3,(H,16,19). The molecule has 2 amide bonds. The van der Waals surface area contributed by atoms with Crippen LogP contribution in [0.5, 0.6) is 0 Å². The van der Waals surface area contributed by atoms with Gasteiger partial charge in [0.15, 0.2) is 0 Å². The van der Waals surface area contributed by atoms with E-state index in [0.717, 1.165) is 19.6 Å². The van der Waals surface area contributed by atoms with Crippen molar-refractivity contribution in [3.05, 3.63) is 0 Å². The van der Waals surface area contributed by atoms with Crippen molar-refractivity contribution in [3.63, 3.8) is 0 Å². The smallest absolute Gasteiger partial charge is 0.230 e. The van der Waals surface area contributed by atoms with Crippen LogP contribution in [0.25, 0.3) is 0 Å². The van der Waals surface area contributed by atoms with Gasteiger partial charge in [0.2, 0.25) is 11.8 Å². The molecule has 1 N–H and O–H groups in total. The molecule has 0 saturated carbocycles. The number of piperidine rings is 2. The molecule has 0 spiro atoms. The quantitative estimate of drug-likeness (QED) is 0.765. The van der Waals surface area contributed by atoms with Gasteiger partial charge in [-0.1, -0.05) is 6.42 Å². The maximum Gasteiger partial charge on any atom is 0.230 e. The van der Waals surface area contributed by atoms with Gasteiger partial charge >= 0.3 is 0 Å². The van der Waals surface area contributed by atoms with Crippen molar-refractivity contribution in [3.8, 4) is 0 Å². The van der Waals surface area contributed by atoms with Crippen molar-refractivity contribution in [2.24, 2.45) is 5.41 Å². The van der Waals surface area contributed by atoms with Gasteiger partial charge in [0.25, 0.3) is 0 Å². The predicted octanol–water partition coefficient (Wildman–Crippen LogP) is 0.599. The van der Waals surface area contributed by atoms with Gasteiger partial charge in [0, 0.05) is 38.6 Å². The first-order valence-electron chi connectivity index (χ1n) is 7.89. The molecule has 0 aromatic heterocycles. The fraction of sp³-hybridized carbons (Fsp3) is 0.867. The molecule has 3 aliphatic rings. The average Bonchev–Trinajstić information content (AvgIpc) is 2.49.